The first-order valence-corrected chi connectivity index (χ1v) is 4.48. The van der Waals surface area contributed by atoms with E-state index in [9.17, 15) is 9.59 Å². The lowest BCUT2D eigenvalue weighted by Gasteiger charge is -2.37. The topological polar surface area (TPSA) is 55.4 Å². The predicted molar refractivity (Wildman–Crippen MR) is 47.4 cm³/mol. The lowest BCUT2D eigenvalue weighted by molar-refractivity contribution is -0.116. The number of carbonyl (C=O) groups is 2. The number of ketones is 1. The van der Waals surface area contributed by atoms with Gasteiger partial charge in [-0.25, -0.2) is 4.79 Å². The van der Waals surface area contributed by atoms with E-state index < -0.39 is 6.09 Å². The molecular weight excluding hydrogens is 170 g/mol. The Morgan fingerprint density at radius 3 is 2.46 bits per heavy atom. The first-order chi connectivity index (χ1) is 6.02. The fourth-order valence-electron chi connectivity index (χ4n) is 1.23. The highest BCUT2D eigenvalue weighted by atomic mass is 16.6. The van der Waals surface area contributed by atoms with Crippen molar-refractivity contribution >= 4 is 11.9 Å². The van der Waals surface area contributed by atoms with Crippen LogP contribution in [0.3, 0.4) is 0 Å². The number of alkyl carbamates (subject to hydrolysis) is 1. The van der Waals surface area contributed by atoms with Gasteiger partial charge in [0.2, 0.25) is 0 Å². The third kappa shape index (κ3) is 3.05. The lowest BCUT2D eigenvalue weighted by Crippen LogP contribution is -2.42. The van der Waals surface area contributed by atoms with Crippen molar-refractivity contribution < 1.29 is 14.3 Å². The van der Waals surface area contributed by atoms with Crippen LogP contribution in [-0.4, -0.2) is 24.0 Å². The average Bonchev–Trinajstić information content (AvgIpc) is 1.98. The van der Waals surface area contributed by atoms with Crippen LogP contribution in [-0.2, 0) is 9.53 Å². The van der Waals surface area contributed by atoms with Gasteiger partial charge in [-0.2, -0.15) is 0 Å². The molecule has 0 aromatic rings. The van der Waals surface area contributed by atoms with Gasteiger partial charge in [0.25, 0.3) is 0 Å². The molecule has 1 aliphatic carbocycles. The fraction of sp³-hybridized carbons (Fsp3) is 0.778. The molecular formula is C9H15NO3. The molecule has 1 N–H and O–H groups in total. The van der Waals surface area contributed by atoms with Crippen LogP contribution < -0.4 is 5.32 Å². The van der Waals surface area contributed by atoms with Crippen molar-refractivity contribution in [2.24, 2.45) is 0 Å². The number of nitrogens with one attached hydrogen (secondary N) is 1. The van der Waals surface area contributed by atoms with Crippen LogP contribution in [0.15, 0.2) is 0 Å². The Morgan fingerprint density at radius 1 is 1.46 bits per heavy atom. The summed E-state index contributed by atoms with van der Waals surface area (Å²) < 4.78 is 5.12. The van der Waals surface area contributed by atoms with Gasteiger partial charge in [0.15, 0.2) is 0 Å². The van der Waals surface area contributed by atoms with E-state index in [1.165, 1.54) is 6.92 Å². The smallest absolute Gasteiger partial charge is 0.408 e. The number of hydrogen-bond donors (Lipinski definition) is 1. The molecule has 0 atom stereocenters. The Bertz CT molecular complexity index is 221. The maximum Gasteiger partial charge on any atom is 0.408 e. The van der Waals surface area contributed by atoms with Gasteiger partial charge in [-0.15, -0.1) is 0 Å². The highest BCUT2D eigenvalue weighted by Crippen LogP contribution is 2.34. The van der Waals surface area contributed by atoms with E-state index >= 15 is 0 Å². The second-order valence-electron chi connectivity index (χ2n) is 3.75. The van der Waals surface area contributed by atoms with E-state index in [1.54, 1.807) is 0 Å². The summed E-state index contributed by atoms with van der Waals surface area (Å²) in [4.78, 5) is 21.6. The van der Waals surface area contributed by atoms with Crippen molar-refractivity contribution in [3.8, 4) is 0 Å². The van der Waals surface area contributed by atoms with Crippen molar-refractivity contribution in [3.05, 3.63) is 0 Å². The molecule has 0 radical (unpaired) electrons. The van der Waals surface area contributed by atoms with Gasteiger partial charge in [0.05, 0.1) is 6.54 Å². The zero-order valence-electron chi connectivity index (χ0n) is 8.05. The molecule has 13 heavy (non-hydrogen) atoms. The van der Waals surface area contributed by atoms with E-state index in [-0.39, 0.29) is 17.9 Å². The van der Waals surface area contributed by atoms with Crippen LogP contribution in [0.25, 0.3) is 0 Å². The molecule has 0 saturated heterocycles. The largest absolute Gasteiger partial charge is 0.443 e. The lowest BCUT2D eigenvalue weighted by atomic mass is 9.82. The van der Waals surface area contributed by atoms with Crippen molar-refractivity contribution in [3.63, 3.8) is 0 Å². The summed E-state index contributed by atoms with van der Waals surface area (Å²) in [6.07, 6.45) is 2.45. The van der Waals surface area contributed by atoms with E-state index in [4.69, 9.17) is 4.74 Å². The predicted octanol–water partition coefficient (Wildman–Crippen LogP) is 1.24. The maximum absolute atomic E-state index is 11.1. The molecule has 1 fully saturated rings. The highest BCUT2D eigenvalue weighted by Gasteiger charge is 2.35. The summed E-state index contributed by atoms with van der Waals surface area (Å²) in [6, 6.07) is 0. The monoisotopic (exact) mass is 185 g/mol. The third-order valence-corrected chi connectivity index (χ3v) is 2.23. The Hall–Kier alpha value is -1.06. The second-order valence-corrected chi connectivity index (χ2v) is 3.75. The molecule has 0 aliphatic heterocycles. The van der Waals surface area contributed by atoms with Crippen LogP contribution >= 0.6 is 0 Å². The highest BCUT2D eigenvalue weighted by molar-refractivity contribution is 5.81. The molecule has 0 bridgehead atoms. The Morgan fingerprint density at radius 2 is 2.08 bits per heavy atom. The van der Waals surface area contributed by atoms with Crippen LogP contribution in [0.4, 0.5) is 4.79 Å². The summed E-state index contributed by atoms with van der Waals surface area (Å²) in [5.74, 6) is -0.0734. The van der Waals surface area contributed by atoms with Gasteiger partial charge in [0, 0.05) is 0 Å². The van der Waals surface area contributed by atoms with E-state index in [0.717, 1.165) is 19.3 Å². The molecule has 0 spiro atoms. The van der Waals surface area contributed by atoms with Crippen LogP contribution in [0.5, 0.6) is 0 Å². The normalized spacial score (nSPS) is 18.6. The first-order valence-electron chi connectivity index (χ1n) is 4.48. The maximum atomic E-state index is 11.1. The average molecular weight is 185 g/mol. The minimum absolute atomic E-state index is 0.0505. The molecule has 1 aliphatic rings. The molecule has 4 nitrogen and oxygen atoms in total. The number of carbonyl (C=O) groups excluding carboxylic acids is 2. The van der Waals surface area contributed by atoms with Crippen molar-refractivity contribution in [2.75, 3.05) is 6.54 Å². The minimum Gasteiger partial charge on any atom is -0.443 e. The van der Waals surface area contributed by atoms with Crippen molar-refractivity contribution in [2.45, 2.75) is 38.7 Å². The van der Waals surface area contributed by atoms with Crippen molar-refractivity contribution in [1.29, 1.82) is 0 Å². The summed E-state index contributed by atoms with van der Waals surface area (Å²) in [5, 5.41) is 2.40. The molecule has 0 aromatic carbocycles. The van der Waals surface area contributed by atoms with E-state index in [0.29, 0.717) is 0 Å². The molecule has 1 rings (SSSR count). The SMILES string of the molecule is CC(=O)CNC(=O)OC1(C)CCC1. The van der Waals surface area contributed by atoms with E-state index in [1.807, 2.05) is 6.92 Å². The van der Waals surface area contributed by atoms with Gasteiger partial charge in [-0.3, -0.25) is 4.79 Å². The number of Topliss-reactive ketones (excluding diaryl/α,β-unsaturated/α-hetero) is 1. The van der Waals surface area contributed by atoms with Gasteiger partial charge < -0.3 is 10.1 Å². The molecule has 1 amide bonds. The second kappa shape index (κ2) is 3.77. The fourth-order valence-corrected chi connectivity index (χ4v) is 1.23. The van der Waals surface area contributed by atoms with Gasteiger partial charge >= 0.3 is 6.09 Å². The molecule has 0 unspecified atom stereocenters. The number of hydrogen-bond acceptors (Lipinski definition) is 3. The molecule has 1 saturated carbocycles. The number of rotatable bonds is 3. The number of amides is 1. The molecule has 4 heteroatoms. The standard InChI is InChI=1S/C9H15NO3/c1-7(11)6-10-8(12)13-9(2)4-3-5-9/h3-6H2,1-2H3,(H,10,12). The summed E-state index contributed by atoms with van der Waals surface area (Å²) in [7, 11) is 0. The summed E-state index contributed by atoms with van der Waals surface area (Å²) in [6.45, 7) is 3.38. The van der Waals surface area contributed by atoms with Crippen LogP contribution in [0.2, 0.25) is 0 Å². The third-order valence-electron chi connectivity index (χ3n) is 2.23. The molecule has 0 aromatic heterocycles. The Balaban J connectivity index is 2.21. The van der Waals surface area contributed by atoms with Crippen molar-refractivity contribution in [1.82, 2.24) is 5.32 Å². The molecule has 0 heterocycles. The van der Waals surface area contributed by atoms with E-state index in [2.05, 4.69) is 5.32 Å². The molecule has 74 valence electrons. The van der Waals surface area contributed by atoms with Gasteiger partial charge in [-0.05, 0) is 33.1 Å². The zero-order chi connectivity index (χ0) is 9.90. The quantitative estimate of drug-likeness (QED) is 0.719. The van der Waals surface area contributed by atoms with Crippen LogP contribution in [0.1, 0.15) is 33.1 Å². The first kappa shape index (κ1) is 10.0. The van der Waals surface area contributed by atoms with Gasteiger partial charge in [0.1, 0.15) is 11.4 Å². The number of ether oxygens (including phenoxy) is 1. The Labute approximate surface area is 77.6 Å². The van der Waals surface area contributed by atoms with Gasteiger partial charge in [-0.1, -0.05) is 0 Å². The Kier molecular flexibility index (Phi) is 2.90. The minimum atomic E-state index is -0.489. The summed E-state index contributed by atoms with van der Waals surface area (Å²) in [5.41, 5.74) is -0.291. The zero-order valence-corrected chi connectivity index (χ0v) is 8.05. The summed E-state index contributed by atoms with van der Waals surface area (Å²) >= 11 is 0. The van der Waals surface area contributed by atoms with Crippen LogP contribution in [0, 0.1) is 0 Å².